The summed E-state index contributed by atoms with van der Waals surface area (Å²) in [5.74, 6) is 3.11. The van der Waals surface area contributed by atoms with Gasteiger partial charge < -0.3 is 4.90 Å². The van der Waals surface area contributed by atoms with Crippen LogP contribution in [0.4, 0.5) is 0 Å². The SMILES string of the molecule is C=C1/C=C\SCC(=S)N(C2CC(C)C(C)C2C)/C=C\1. The summed E-state index contributed by atoms with van der Waals surface area (Å²) in [6.45, 7) is 11.1. The quantitative estimate of drug-likeness (QED) is 0.649. The van der Waals surface area contributed by atoms with Gasteiger partial charge in [0.1, 0.15) is 0 Å². The van der Waals surface area contributed by atoms with E-state index in [-0.39, 0.29) is 0 Å². The van der Waals surface area contributed by atoms with Crippen molar-refractivity contribution in [1.82, 2.24) is 4.90 Å². The number of hydrogen-bond donors (Lipinski definition) is 0. The van der Waals surface area contributed by atoms with Crippen molar-refractivity contribution in [2.24, 2.45) is 17.8 Å². The second-order valence-corrected chi connectivity index (χ2v) is 7.17. The Bertz CT molecular complexity index is 424. The van der Waals surface area contributed by atoms with E-state index in [1.807, 2.05) is 0 Å². The van der Waals surface area contributed by atoms with Crippen molar-refractivity contribution < 1.29 is 0 Å². The summed E-state index contributed by atoms with van der Waals surface area (Å²) < 4.78 is 0. The first-order valence-corrected chi connectivity index (χ1v) is 8.43. The van der Waals surface area contributed by atoms with Crippen molar-refractivity contribution in [3.8, 4) is 0 Å². The lowest BCUT2D eigenvalue weighted by Gasteiger charge is -2.31. The van der Waals surface area contributed by atoms with Gasteiger partial charge in [0.2, 0.25) is 0 Å². The Morgan fingerprint density at radius 2 is 2.00 bits per heavy atom. The number of thioether (sulfide) groups is 1. The van der Waals surface area contributed by atoms with Gasteiger partial charge in [-0.15, -0.1) is 11.8 Å². The van der Waals surface area contributed by atoms with Crippen molar-refractivity contribution in [3.05, 3.63) is 35.9 Å². The summed E-state index contributed by atoms with van der Waals surface area (Å²) in [5.41, 5.74) is 1.04. The molecule has 104 valence electrons. The number of allylic oxidation sites excluding steroid dienone is 3. The standard InChI is InChI=1S/C16H23NS2/c1-11-5-7-17(16(18)10-19-8-6-11)15-9-12(2)13(3)14(15)4/h5-8,12-15H,1,9-10H2,2-4H3/b7-5-,8-6-. The smallest absolute Gasteiger partial charge is 0.0925 e. The molecule has 0 saturated heterocycles. The molecule has 0 aromatic rings. The normalized spacial score (nSPS) is 39.6. The molecule has 1 aliphatic heterocycles. The zero-order valence-corrected chi connectivity index (χ0v) is 13.6. The third-order valence-corrected chi connectivity index (χ3v) is 5.93. The minimum Gasteiger partial charge on any atom is -0.339 e. The summed E-state index contributed by atoms with van der Waals surface area (Å²) >= 11 is 7.39. The fraction of sp³-hybridized carbons (Fsp3) is 0.562. The van der Waals surface area contributed by atoms with Gasteiger partial charge in [-0.1, -0.05) is 39.6 Å². The van der Waals surface area contributed by atoms with Crippen LogP contribution < -0.4 is 0 Å². The highest BCUT2D eigenvalue weighted by Gasteiger charge is 2.38. The summed E-state index contributed by atoms with van der Waals surface area (Å²) in [5, 5.41) is 2.09. The monoisotopic (exact) mass is 293 g/mol. The van der Waals surface area contributed by atoms with E-state index >= 15 is 0 Å². The molecule has 1 saturated carbocycles. The average Bonchev–Trinajstić information content (AvgIpc) is 2.66. The molecule has 0 aromatic heterocycles. The molecule has 0 spiro atoms. The largest absolute Gasteiger partial charge is 0.339 e. The van der Waals surface area contributed by atoms with Crippen molar-refractivity contribution >= 4 is 29.0 Å². The maximum absolute atomic E-state index is 5.63. The van der Waals surface area contributed by atoms with Gasteiger partial charge in [0.25, 0.3) is 0 Å². The van der Waals surface area contributed by atoms with Crippen molar-refractivity contribution in [1.29, 1.82) is 0 Å². The van der Waals surface area contributed by atoms with Crippen LogP contribution in [0.25, 0.3) is 0 Å². The van der Waals surface area contributed by atoms with Gasteiger partial charge in [0, 0.05) is 18.0 Å². The predicted molar refractivity (Wildman–Crippen MR) is 90.2 cm³/mol. The summed E-state index contributed by atoms with van der Waals surface area (Å²) in [7, 11) is 0. The molecule has 2 rings (SSSR count). The number of rotatable bonds is 1. The first-order valence-electron chi connectivity index (χ1n) is 6.97. The molecular formula is C16H23NS2. The predicted octanol–water partition coefficient (Wildman–Crippen LogP) is 4.63. The van der Waals surface area contributed by atoms with Gasteiger partial charge in [-0.05, 0) is 47.3 Å². The van der Waals surface area contributed by atoms with Crippen LogP contribution in [0.5, 0.6) is 0 Å². The third-order valence-electron chi connectivity index (χ3n) is 4.63. The Hall–Kier alpha value is -0.540. The molecule has 1 nitrogen and oxygen atoms in total. The second-order valence-electron chi connectivity index (χ2n) is 5.80. The highest BCUT2D eigenvalue weighted by Crippen LogP contribution is 2.39. The fourth-order valence-electron chi connectivity index (χ4n) is 2.99. The summed E-state index contributed by atoms with van der Waals surface area (Å²) in [6.07, 6.45) is 7.51. The lowest BCUT2D eigenvalue weighted by molar-refractivity contribution is 0.300. The van der Waals surface area contributed by atoms with E-state index in [2.05, 4.69) is 56.0 Å². The molecular weight excluding hydrogens is 270 g/mol. The number of nitrogens with zero attached hydrogens (tertiary/aromatic N) is 1. The molecule has 19 heavy (non-hydrogen) atoms. The van der Waals surface area contributed by atoms with Crippen LogP contribution in [0.1, 0.15) is 27.2 Å². The molecule has 0 N–H and O–H groups in total. The summed E-state index contributed by atoms with van der Waals surface area (Å²) in [4.78, 5) is 3.37. The Labute approximate surface area is 126 Å². The van der Waals surface area contributed by atoms with Gasteiger partial charge in [0.15, 0.2) is 0 Å². The van der Waals surface area contributed by atoms with Crippen LogP contribution in [-0.4, -0.2) is 21.7 Å². The fourth-order valence-corrected chi connectivity index (χ4v) is 4.04. The Balaban J connectivity index is 2.21. The first-order chi connectivity index (χ1) is 9.00. The van der Waals surface area contributed by atoms with Gasteiger partial charge in [-0.2, -0.15) is 0 Å². The number of hydrogen-bond acceptors (Lipinski definition) is 2. The van der Waals surface area contributed by atoms with E-state index in [1.54, 1.807) is 11.8 Å². The zero-order chi connectivity index (χ0) is 14.0. The van der Waals surface area contributed by atoms with Crippen molar-refractivity contribution in [3.63, 3.8) is 0 Å². The molecule has 0 radical (unpaired) electrons. The molecule has 4 atom stereocenters. The van der Waals surface area contributed by atoms with E-state index in [1.165, 1.54) is 6.42 Å². The number of thiocarbonyl (C=S) groups is 1. The van der Waals surface area contributed by atoms with E-state index in [4.69, 9.17) is 12.2 Å². The second kappa shape index (κ2) is 6.27. The molecule has 0 bridgehead atoms. The van der Waals surface area contributed by atoms with Crippen LogP contribution in [0.15, 0.2) is 35.9 Å². The first kappa shape index (κ1) is 14.9. The van der Waals surface area contributed by atoms with Gasteiger partial charge in [-0.25, -0.2) is 0 Å². The molecule has 1 heterocycles. The minimum absolute atomic E-state index is 0.542. The van der Waals surface area contributed by atoms with E-state index < -0.39 is 0 Å². The molecule has 0 aromatic carbocycles. The molecule has 1 aliphatic carbocycles. The van der Waals surface area contributed by atoms with Crippen molar-refractivity contribution in [2.45, 2.75) is 33.2 Å². The van der Waals surface area contributed by atoms with E-state index in [0.717, 1.165) is 28.2 Å². The van der Waals surface area contributed by atoms with E-state index in [0.29, 0.717) is 12.0 Å². The van der Waals surface area contributed by atoms with Gasteiger partial charge in [-0.3, -0.25) is 0 Å². The lowest BCUT2D eigenvalue weighted by atomic mass is 9.93. The average molecular weight is 294 g/mol. The molecule has 3 heteroatoms. The lowest BCUT2D eigenvalue weighted by Crippen LogP contribution is -2.38. The zero-order valence-electron chi connectivity index (χ0n) is 12.0. The topological polar surface area (TPSA) is 3.24 Å². The third kappa shape index (κ3) is 3.32. The Morgan fingerprint density at radius 1 is 1.26 bits per heavy atom. The van der Waals surface area contributed by atoms with Crippen LogP contribution >= 0.6 is 24.0 Å². The van der Waals surface area contributed by atoms with Gasteiger partial charge >= 0.3 is 0 Å². The highest BCUT2D eigenvalue weighted by atomic mass is 32.2. The molecule has 0 amide bonds. The molecule has 2 aliphatic rings. The molecule has 1 fully saturated rings. The van der Waals surface area contributed by atoms with Crippen LogP contribution in [0.3, 0.4) is 0 Å². The van der Waals surface area contributed by atoms with Crippen molar-refractivity contribution in [2.75, 3.05) is 5.75 Å². The van der Waals surface area contributed by atoms with Gasteiger partial charge in [0.05, 0.1) is 4.99 Å². The Morgan fingerprint density at radius 3 is 2.63 bits per heavy atom. The highest BCUT2D eigenvalue weighted by molar-refractivity contribution is 8.03. The maximum atomic E-state index is 5.63. The summed E-state index contributed by atoms with van der Waals surface area (Å²) in [6, 6.07) is 0.542. The maximum Gasteiger partial charge on any atom is 0.0925 e. The van der Waals surface area contributed by atoms with Crippen LogP contribution in [-0.2, 0) is 0 Å². The van der Waals surface area contributed by atoms with Crippen LogP contribution in [0.2, 0.25) is 0 Å². The minimum atomic E-state index is 0.542. The Kier molecular flexibility index (Phi) is 4.91. The van der Waals surface area contributed by atoms with E-state index in [9.17, 15) is 0 Å². The van der Waals surface area contributed by atoms with Crippen LogP contribution in [0, 0.1) is 17.8 Å². The molecule has 4 unspecified atom stereocenters.